The first kappa shape index (κ1) is 5.60. The van der Waals surface area contributed by atoms with Crippen LogP contribution in [0.5, 0.6) is 0 Å². The van der Waals surface area contributed by atoms with E-state index in [2.05, 4.69) is 5.32 Å². The third kappa shape index (κ3) is 0.997. The van der Waals surface area contributed by atoms with Crippen LogP contribution in [0.2, 0.25) is 0 Å². The first-order valence-corrected chi connectivity index (χ1v) is 2.89. The van der Waals surface area contributed by atoms with E-state index >= 15 is 0 Å². The predicted octanol–water partition coefficient (Wildman–Crippen LogP) is 1.43. The molecule has 1 aliphatic rings. The van der Waals surface area contributed by atoms with Gasteiger partial charge in [-0.15, -0.1) is 0 Å². The highest BCUT2D eigenvalue weighted by molar-refractivity contribution is 4.98. The normalized spacial score (nSPS) is 28.8. The van der Waals surface area contributed by atoms with Crippen molar-refractivity contribution in [3.8, 4) is 0 Å². The molecule has 0 saturated carbocycles. The topological polar surface area (TPSA) is 12.0 Å². The van der Waals surface area contributed by atoms with Crippen molar-refractivity contribution < 1.29 is 4.39 Å². The molecule has 1 heterocycles. The second kappa shape index (κ2) is 2.16. The molecule has 1 atom stereocenters. The van der Waals surface area contributed by atoms with E-state index in [0.29, 0.717) is 0 Å². The van der Waals surface area contributed by atoms with Gasteiger partial charge in [0, 0.05) is 18.7 Å². The first-order valence-electron chi connectivity index (χ1n) is 2.89. The molecule has 0 radical (unpaired) electrons. The monoisotopic (exact) mass is 115 g/mol. The summed E-state index contributed by atoms with van der Waals surface area (Å²) in [6, 6.07) is 0. The quantitative estimate of drug-likeness (QED) is 0.503. The number of nitrogens with one attached hydrogen (secondary N) is 1. The lowest BCUT2D eigenvalue weighted by molar-refractivity contribution is 0.433. The molecule has 0 spiro atoms. The van der Waals surface area contributed by atoms with Crippen molar-refractivity contribution in [1.29, 1.82) is 0 Å². The number of hydrogen-bond donors (Lipinski definition) is 1. The van der Waals surface area contributed by atoms with Crippen molar-refractivity contribution in [3.05, 3.63) is 12.0 Å². The Kier molecular flexibility index (Phi) is 1.51. The van der Waals surface area contributed by atoms with Gasteiger partial charge in [0.1, 0.15) is 5.83 Å². The van der Waals surface area contributed by atoms with Gasteiger partial charge in [-0.05, 0) is 6.42 Å². The summed E-state index contributed by atoms with van der Waals surface area (Å²) < 4.78 is 12.4. The van der Waals surface area contributed by atoms with Crippen molar-refractivity contribution in [3.63, 3.8) is 0 Å². The molecule has 0 aromatic rings. The molecule has 0 aliphatic carbocycles. The van der Waals surface area contributed by atoms with Crippen molar-refractivity contribution in [2.45, 2.75) is 13.3 Å². The van der Waals surface area contributed by atoms with E-state index < -0.39 is 0 Å². The van der Waals surface area contributed by atoms with E-state index in [1.54, 1.807) is 0 Å². The molecular formula is C6H10FN. The van der Waals surface area contributed by atoms with Crippen molar-refractivity contribution in [1.82, 2.24) is 5.32 Å². The maximum Gasteiger partial charge on any atom is 0.118 e. The summed E-state index contributed by atoms with van der Waals surface area (Å²) in [5, 5.41) is 2.83. The van der Waals surface area contributed by atoms with Crippen LogP contribution in [0, 0.1) is 5.92 Å². The maximum atomic E-state index is 12.4. The Labute approximate surface area is 48.6 Å². The van der Waals surface area contributed by atoms with E-state index in [1.165, 1.54) is 6.20 Å². The zero-order valence-corrected chi connectivity index (χ0v) is 4.95. The molecule has 2 heteroatoms. The highest BCUT2D eigenvalue weighted by Gasteiger charge is 2.10. The van der Waals surface area contributed by atoms with Gasteiger partial charge in [-0.2, -0.15) is 0 Å². The lowest BCUT2D eigenvalue weighted by Gasteiger charge is -2.14. The Morgan fingerprint density at radius 3 is 3.00 bits per heavy atom. The van der Waals surface area contributed by atoms with Crippen LogP contribution in [0.25, 0.3) is 0 Å². The summed E-state index contributed by atoms with van der Waals surface area (Å²) in [4.78, 5) is 0. The van der Waals surface area contributed by atoms with Gasteiger partial charge in [-0.25, -0.2) is 4.39 Å². The maximum absolute atomic E-state index is 12.4. The van der Waals surface area contributed by atoms with Crippen LogP contribution in [0.1, 0.15) is 13.3 Å². The van der Waals surface area contributed by atoms with E-state index in [-0.39, 0.29) is 11.7 Å². The van der Waals surface area contributed by atoms with E-state index in [1.807, 2.05) is 6.92 Å². The van der Waals surface area contributed by atoms with Gasteiger partial charge in [0.15, 0.2) is 0 Å². The fourth-order valence-electron chi connectivity index (χ4n) is 0.750. The second-order valence-electron chi connectivity index (χ2n) is 2.17. The molecule has 46 valence electrons. The summed E-state index contributed by atoms with van der Waals surface area (Å²) in [6.07, 6.45) is 2.37. The first-order chi connectivity index (χ1) is 3.80. The number of rotatable bonds is 0. The predicted molar refractivity (Wildman–Crippen MR) is 31.0 cm³/mol. The molecule has 8 heavy (non-hydrogen) atoms. The van der Waals surface area contributed by atoms with Gasteiger partial charge in [-0.3, -0.25) is 0 Å². The Bertz CT molecular complexity index is 109. The van der Waals surface area contributed by atoms with Crippen LogP contribution in [-0.2, 0) is 0 Å². The average Bonchev–Trinajstić information content (AvgIpc) is 1.77. The average molecular weight is 115 g/mol. The highest BCUT2D eigenvalue weighted by atomic mass is 19.1. The molecule has 1 rings (SSSR count). The Balaban J connectivity index is 2.53. The van der Waals surface area contributed by atoms with Crippen LogP contribution in [-0.4, -0.2) is 6.54 Å². The molecule has 1 unspecified atom stereocenters. The molecule has 0 amide bonds. The van der Waals surface area contributed by atoms with Gasteiger partial charge in [0.2, 0.25) is 0 Å². The van der Waals surface area contributed by atoms with Gasteiger partial charge in [-0.1, -0.05) is 6.92 Å². The zero-order chi connectivity index (χ0) is 5.98. The minimum Gasteiger partial charge on any atom is -0.389 e. The van der Waals surface area contributed by atoms with Gasteiger partial charge >= 0.3 is 0 Å². The summed E-state index contributed by atoms with van der Waals surface area (Å²) in [5.74, 6) is 0.118. The van der Waals surface area contributed by atoms with Crippen LogP contribution in [0.4, 0.5) is 4.39 Å². The van der Waals surface area contributed by atoms with Crippen LogP contribution < -0.4 is 5.32 Å². The molecule has 0 aromatic carbocycles. The van der Waals surface area contributed by atoms with E-state index in [9.17, 15) is 4.39 Å². The third-order valence-electron chi connectivity index (χ3n) is 1.43. The molecule has 1 aliphatic heterocycles. The molecule has 0 aromatic heterocycles. The Morgan fingerprint density at radius 1 is 1.88 bits per heavy atom. The lowest BCUT2D eigenvalue weighted by Crippen LogP contribution is -2.18. The molecular weight excluding hydrogens is 105 g/mol. The van der Waals surface area contributed by atoms with E-state index in [4.69, 9.17) is 0 Å². The van der Waals surface area contributed by atoms with Crippen LogP contribution in [0.3, 0.4) is 0 Å². The summed E-state index contributed by atoms with van der Waals surface area (Å²) in [6.45, 7) is 2.81. The SMILES string of the molecule is CC1CCNC=C1F. The summed E-state index contributed by atoms with van der Waals surface area (Å²) in [7, 11) is 0. The van der Waals surface area contributed by atoms with Crippen LogP contribution >= 0.6 is 0 Å². The largest absolute Gasteiger partial charge is 0.389 e. The summed E-state index contributed by atoms with van der Waals surface area (Å²) >= 11 is 0. The van der Waals surface area contributed by atoms with Gasteiger partial charge in [0.25, 0.3) is 0 Å². The summed E-state index contributed by atoms with van der Waals surface area (Å²) in [5.41, 5.74) is 0. The second-order valence-corrected chi connectivity index (χ2v) is 2.17. The van der Waals surface area contributed by atoms with Crippen LogP contribution in [0.15, 0.2) is 12.0 Å². The van der Waals surface area contributed by atoms with Crippen molar-refractivity contribution in [2.24, 2.45) is 5.92 Å². The molecule has 0 fully saturated rings. The van der Waals surface area contributed by atoms with Gasteiger partial charge in [0.05, 0.1) is 0 Å². The van der Waals surface area contributed by atoms with E-state index in [0.717, 1.165) is 13.0 Å². The number of hydrogen-bond acceptors (Lipinski definition) is 1. The Morgan fingerprint density at radius 2 is 2.62 bits per heavy atom. The zero-order valence-electron chi connectivity index (χ0n) is 4.95. The lowest BCUT2D eigenvalue weighted by atomic mass is 10.1. The fourth-order valence-corrected chi connectivity index (χ4v) is 0.750. The highest BCUT2D eigenvalue weighted by Crippen LogP contribution is 2.16. The molecule has 1 nitrogen and oxygen atoms in total. The molecule has 1 N–H and O–H groups in total. The van der Waals surface area contributed by atoms with Crippen molar-refractivity contribution in [2.75, 3.05) is 6.54 Å². The molecule has 0 saturated heterocycles. The Hall–Kier alpha value is -0.530. The third-order valence-corrected chi connectivity index (χ3v) is 1.43. The number of halogens is 1. The van der Waals surface area contributed by atoms with Gasteiger partial charge < -0.3 is 5.32 Å². The fraction of sp³-hybridized carbons (Fsp3) is 0.667. The number of allylic oxidation sites excluding steroid dienone is 1. The standard InChI is InChI=1S/C6H10FN/c1-5-2-3-8-4-6(5)7/h4-5,8H,2-3H2,1H3. The minimum atomic E-state index is -0.0174. The smallest absolute Gasteiger partial charge is 0.118 e. The van der Waals surface area contributed by atoms with Crippen molar-refractivity contribution >= 4 is 0 Å². The minimum absolute atomic E-state index is 0.0174. The molecule has 0 bridgehead atoms.